The SMILES string of the molecule is Cn1c(N)c(C(=O)COC(=O)Cc2c[nH]c3ccccc23)c(=O)n(C)c1=O. The summed E-state index contributed by atoms with van der Waals surface area (Å²) in [6.07, 6.45) is 1.67. The fourth-order valence-corrected chi connectivity index (χ4v) is 2.82. The Bertz CT molecular complexity index is 1170. The van der Waals surface area contributed by atoms with Gasteiger partial charge in [0.15, 0.2) is 6.61 Å². The molecule has 3 aromatic rings. The van der Waals surface area contributed by atoms with E-state index in [1.54, 1.807) is 6.20 Å². The van der Waals surface area contributed by atoms with E-state index in [2.05, 4.69) is 4.98 Å². The first-order chi connectivity index (χ1) is 12.8. The molecule has 0 radical (unpaired) electrons. The molecular formula is C18H18N4O5. The highest BCUT2D eigenvalue weighted by atomic mass is 16.5. The predicted octanol–water partition coefficient (Wildman–Crippen LogP) is 0.116. The summed E-state index contributed by atoms with van der Waals surface area (Å²) in [4.78, 5) is 51.4. The van der Waals surface area contributed by atoms with Crippen molar-refractivity contribution in [2.24, 2.45) is 14.1 Å². The quantitative estimate of drug-likeness (QED) is 0.485. The minimum atomic E-state index is -0.826. The molecule has 2 heterocycles. The van der Waals surface area contributed by atoms with Crippen molar-refractivity contribution >= 4 is 28.5 Å². The summed E-state index contributed by atoms with van der Waals surface area (Å²) in [5.41, 5.74) is 5.49. The van der Waals surface area contributed by atoms with Gasteiger partial charge in [0.1, 0.15) is 11.4 Å². The van der Waals surface area contributed by atoms with Crippen LogP contribution in [-0.2, 0) is 30.0 Å². The van der Waals surface area contributed by atoms with E-state index in [-0.39, 0.29) is 17.8 Å². The van der Waals surface area contributed by atoms with Gasteiger partial charge >= 0.3 is 11.7 Å². The molecule has 3 rings (SSSR count). The van der Waals surface area contributed by atoms with Gasteiger partial charge in [-0.15, -0.1) is 0 Å². The number of para-hydroxylation sites is 1. The van der Waals surface area contributed by atoms with E-state index in [1.165, 1.54) is 14.1 Å². The molecule has 3 N–H and O–H groups in total. The Morgan fingerprint density at radius 2 is 1.85 bits per heavy atom. The lowest BCUT2D eigenvalue weighted by Gasteiger charge is -2.11. The monoisotopic (exact) mass is 370 g/mol. The first-order valence-corrected chi connectivity index (χ1v) is 8.10. The molecular weight excluding hydrogens is 352 g/mol. The van der Waals surface area contributed by atoms with E-state index in [9.17, 15) is 19.2 Å². The Hall–Kier alpha value is -3.62. The second-order valence-electron chi connectivity index (χ2n) is 6.09. The second-order valence-corrected chi connectivity index (χ2v) is 6.09. The Morgan fingerprint density at radius 1 is 1.15 bits per heavy atom. The summed E-state index contributed by atoms with van der Waals surface area (Å²) in [7, 11) is 2.58. The molecule has 9 heteroatoms. The van der Waals surface area contributed by atoms with Crippen LogP contribution in [0.1, 0.15) is 15.9 Å². The number of nitrogens with zero attached hydrogens (tertiary/aromatic N) is 2. The molecule has 1 aromatic carbocycles. The molecule has 0 fully saturated rings. The number of aromatic nitrogens is 3. The van der Waals surface area contributed by atoms with Crippen LogP contribution >= 0.6 is 0 Å². The van der Waals surface area contributed by atoms with Crippen molar-refractivity contribution in [2.75, 3.05) is 12.3 Å². The lowest BCUT2D eigenvalue weighted by molar-refractivity contribution is -0.141. The van der Waals surface area contributed by atoms with Crippen molar-refractivity contribution in [1.29, 1.82) is 0 Å². The average Bonchev–Trinajstić information content (AvgIpc) is 3.06. The van der Waals surface area contributed by atoms with Crippen molar-refractivity contribution in [3.05, 3.63) is 62.4 Å². The van der Waals surface area contributed by atoms with Crippen molar-refractivity contribution < 1.29 is 14.3 Å². The molecule has 0 aliphatic rings. The fourth-order valence-electron chi connectivity index (χ4n) is 2.82. The maximum atomic E-state index is 12.3. The Labute approximate surface area is 153 Å². The van der Waals surface area contributed by atoms with Gasteiger partial charge in [0, 0.05) is 31.2 Å². The zero-order valence-corrected chi connectivity index (χ0v) is 14.8. The number of carbonyl (C=O) groups excluding carboxylic acids is 2. The number of esters is 1. The number of rotatable bonds is 5. The summed E-state index contributed by atoms with van der Waals surface area (Å²) < 4.78 is 6.77. The molecule has 0 amide bonds. The van der Waals surface area contributed by atoms with Crippen LogP contribution in [0.4, 0.5) is 5.82 Å². The van der Waals surface area contributed by atoms with E-state index in [0.717, 1.165) is 25.6 Å². The van der Waals surface area contributed by atoms with Gasteiger partial charge in [0.05, 0.1) is 6.42 Å². The first kappa shape index (κ1) is 18.2. The molecule has 0 aliphatic carbocycles. The summed E-state index contributed by atoms with van der Waals surface area (Å²) >= 11 is 0. The normalized spacial score (nSPS) is 10.9. The third-order valence-electron chi connectivity index (χ3n) is 4.36. The van der Waals surface area contributed by atoms with Crippen molar-refractivity contribution in [3.63, 3.8) is 0 Å². The van der Waals surface area contributed by atoms with Gasteiger partial charge in [-0.3, -0.25) is 23.5 Å². The molecule has 140 valence electrons. The lowest BCUT2D eigenvalue weighted by atomic mass is 10.1. The van der Waals surface area contributed by atoms with Crippen LogP contribution in [0.25, 0.3) is 10.9 Å². The molecule has 0 saturated carbocycles. The molecule has 2 aromatic heterocycles. The summed E-state index contributed by atoms with van der Waals surface area (Å²) in [6.45, 7) is -0.640. The number of hydrogen-bond donors (Lipinski definition) is 2. The number of benzene rings is 1. The van der Waals surface area contributed by atoms with E-state index in [0.29, 0.717) is 0 Å². The molecule has 0 bridgehead atoms. The summed E-state index contributed by atoms with van der Waals surface area (Å²) in [5, 5.41) is 0.886. The number of ether oxygens (including phenoxy) is 1. The first-order valence-electron chi connectivity index (χ1n) is 8.10. The van der Waals surface area contributed by atoms with Gasteiger partial charge in [-0.2, -0.15) is 0 Å². The molecule has 0 aliphatic heterocycles. The van der Waals surface area contributed by atoms with Gasteiger partial charge in [-0.25, -0.2) is 4.79 Å². The van der Waals surface area contributed by atoms with Crippen LogP contribution in [0.3, 0.4) is 0 Å². The molecule has 0 spiro atoms. The van der Waals surface area contributed by atoms with Crippen LogP contribution < -0.4 is 17.0 Å². The Kier molecular flexibility index (Phi) is 4.68. The molecule has 0 unspecified atom stereocenters. The standard InChI is InChI=1S/C18H18N4O5/c1-21-16(19)15(17(25)22(2)18(21)26)13(23)9-27-14(24)7-10-8-20-12-6-4-3-5-11(10)12/h3-6,8,20H,7,9,19H2,1-2H3. The van der Waals surface area contributed by atoms with Crippen molar-refractivity contribution in [3.8, 4) is 0 Å². The maximum Gasteiger partial charge on any atom is 0.332 e. The second kappa shape index (κ2) is 6.94. The number of nitrogen functional groups attached to an aromatic ring is 1. The van der Waals surface area contributed by atoms with Crippen LogP contribution in [0.15, 0.2) is 40.1 Å². The average molecular weight is 370 g/mol. The van der Waals surface area contributed by atoms with Gasteiger partial charge < -0.3 is 15.5 Å². The van der Waals surface area contributed by atoms with Crippen LogP contribution in [0.2, 0.25) is 0 Å². The minimum absolute atomic E-state index is 0.0297. The van der Waals surface area contributed by atoms with Crippen molar-refractivity contribution in [1.82, 2.24) is 14.1 Å². The Balaban J connectivity index is 1.74. The zero-order valence-electron chi connectivity index (χ0n) is 14.8. The number of Topliss-reactive ketones (excluding diaryl/α,β-unsaturated/α-hetero) is 1. The Morgan fingerprint density at radius 3 is 2.59 bits per heavy atom. The predicted molar refractivity (Wildman–Crippen MR) is 98.6 cm³/mol. The van der Waals surface area contributed by atoms with Crippen LogP contribution in [0, 0.1) is 0 Å². The van der Waals surface area contributed by atoms with E-state index in [1.807, 2.05) is 24.3 Å². The topological polar surface area (TPSA) is 129 Å². The molecule has 0 atom stereocenters. The van der Waals surface area contributed by atoms with Crippen molar-refractivity contribution in [2.45, 2.75) is 6.42 Å². The van der Waals surface area contributed by atoms with Gasteiger partial charge in [0.25, 0.3) is 5.56 Å². The summed E-state index contributed by atoms with van der Waals surface area (Å²) in [6, 6.07) is 7.48. The number of nitrogens with two attached hydrogens (primary N) is 1. The highest BCUT2D eigenvalue weighted by Crippen LogP contribution is 2.18. The number of anilines is 1. The van der Waals surface area contributed by atoms with Crippen LogP contribution in [0.5, 0.6) is 0 Å². The fraction of sp³-hybridized carbons (Fsp3) is 0.222. The maximum absolute atomic E-state index is 12.3. The van der Waals surface area contributed by atoms with Gasteiger partial charge in [-0.1, -0.05) is 18.2 Å². The van der Waals surface area contributed by atoms with Crippen LogP contribution in [-0.4, -0.2) is 32.5 Å². The third kappa shape index (κ3) is 3.26. The number of fused-ring (bicyclic) bond motifs is 1. The number of hydrogen-bond acceptors (Lipinski definition) is 6. The highest BCUT2D eigenvalue weighted by molar-refractivity contribution is 6.01. The number of H-pyrrole nitrogens is 1. The van der Waals surface area contributed by atoms with E-state index < -0.39 is 29.6 Å². The van der Waals surface area contributed by atoms with Gasteiger partial charge in [-0.05, 0) is 11.6 Å². The largest absolute Gasteiger partial charge is 0.457 e. The highest BCUT2D eigenvalue weighted by Gasteiger charge is 2.21. The smallest absolute Gasteiger partial charge is 0.332 e. The molecule has 0 saturated heterocycles. The van der Waals surface area contributed by atoms with E-state index >= 15 is 0 Å². The summed E-state index contributed by atoms with van der Waals surface area (Å²) in [5.74, 6) is -1.65. The number of ketones is 1. The number of carbonyl (C=O) groups is 2. The number of nitrogens with one attached hydrogen (secondary N) is 1. The third-order valence-corrected chi connectivity index (χ3v) is 4.36. The molecule has 27 heavy (non-hydrogen) atoms. The van der Waals surface area contributed by atoms with E-state index in [4.69, 9.17) is 10.5 Å². The van der Waals surface area contributed by atoms with Gasteiger partial charge in [0.2, 0.25) is 5.78 Å². The zero-order chi connectivity index (χ0) is 19.7. The molecule has 9 nitrogen and oxygen atoms in total. The number of aromatic amines is 1. The lowest BCUT2D eigenvalue weighted by Crippen LogP contribution is -2.42. The minimum Gasteiger partial charge on any atom is -0.457 e.